The Hall–Kier alpha value is -6.36. The fourth-order valence-electron chi connectivity index (χ4n) is 7.73. The first-order valence-electron chi connectivity index (χ1n) is 16.8. The Morgan fingerprint density at radius 1 is 0.380 bits per heavy atom. The van der Waals surface area contributed by atoms with Crippen molar-refractivity contribution in [1.82, 2.24) is 0 Å². The number of hydrogen-bond acceptors (Lipinski definition) is 4. The molecule has 11 rings (SSSR count). The van der Waals surface area contributed by atoms with Gasteiger partial charge in [0.05, 0.1) is 0 Å². The number of benzene rings is 8. The van der Waals surface area contributed by atoms with Gasteiger partial charge in [-0.3, -0.25) is 0 Å². The van der Waals surface area contributed by atoms with Crippen molar-refractivity contribution in [3.63, 3.8) is 0 Å². The first-order chi connectivity index (χ1) is 24.8. The van der Waals surface area contributed by atoms with Crippen LogP contribution in [0.15, 0.2) is 173 Å². The summed E-state index contributed by atoms with van der Waals surface area (Å²) in [5.41, 5.74) is 9.23. The molecule has 8 aromatic carbocycles. The van der Waals surface area contributed by atoms with Crippen LogP contribution in [0.1, 0.15) is 0 Å². The number of fused-ring (bicyclic) bond motifs is 12. The van der Waals surface area contributed by atoms with Crippen molar-refractivity contribution >= 4 is 103 Å². The third-order valence-electron chi connectivity index (χ3n) is 10.1. The molecule has 0 atom stereocenters. The Morgan fingerprint density at radius 3 is 1.94 bits per heavy atom. The lowest BCUT2D eigenvalue weighted by molar-refractivity contribution is 0.669. The number of para-hydroxylation sites is 1. The van der Waals surface area contributed by atoms with Crippen molar-refractivity contribution in [2.45, 2.75) is 0 Å². The Labute approximate surface area is 290 Å². The van der Waals surface area contributed by atoms with E-state index >= 15 is 0 Å². The highest BCUT2D eigenvalue weighted by Crippen LogP contribution is 2.46. The zero-order valence-corrected chi connectivity index (χ0v) is 27.6. The highest BCUT2D eigenvalue weighted by Gasteiger charge is 2.20. The van der Waals surface area contributed by atoms with Crippen molar-refractivity contribution in [1.29, 1.82) is 0 Å². The van der Waals surface area contributed by atoms with Gasteiger partial charge in [0.1, 0.15) is 22.3 Å². The lowest BCUT2D eigenvalue weighted by Crippen LogP contribution is -2.09. The quantitative estimate of drug-likeness (QED) is 0.189. The Morgan fingerprint density at radius 2 is 1.06 bits per heavy atom. The minimum atomic E-state index is 0.873. The van der Waals surface area contributed by atoms with E-state index < -0.39 is 0 Å². The normalized spacial score (nSPS) is 12.0. The number of furan rings is 2. The van der Waals surface area contributed by atoms with E-state index in [4.69, 9.17) is 8.83 Å². The predicted molar refractivity (Wildman–Crippen MR) is 212 cm³/mol. The molecule has 0 saturated carbocycles. The van der Waals surface area contributed by atoms with Crippen LogP contribution in [0.25, 0.3) is 85.9 Å². The van der Waals surface area contributed by atoms with Crippen LogP contribution in [0.5, 0.6) is 0 Å². The summed E-state index contributed by atoms with van der Waals surface area (Å²) in [5, 5.41) is 9.41. The van der Waals surface area contributed by atoms with Crippen LogP contribution >= 0.6 is 11.3 Å². The molecule has 234 valence electrons. The molecule has 0 amide bonds. The van der Waals surface area contributed by atoms with E-state index in [-0.39, 0.29) is 0 Å². The van der Waals surface area contributed by atoms with Gasteiger partial charge in [0, 0.05) is 64.8 Å². The van der Waals surface area contributed by atoms with Crippen LogP contribution in [0.2, 0.25) is 0 Å². The second-order valence-electron chi connectivity index (χ2n) is 12.9. The average Bonchev–Trinajstić information content (AvgIpc) is 3.86. The molecule has 0 fully saturated rings. The summed E-state index contributed by atoms with van der Waals surface area (Å²) < 4.78 is 15.4. The van der Waals surface area contributed by atoms with Crippen molar-refractivity contribution in [3.05, 3.63) is 164 Å². The first-order valence-corrected chi connectivity index (χ1v) is 17.6. The van der Waals surface area contributed by atoms with Gasteiger partial charge in [0.15, 0.2) is 0 Å². The number of anilines is 3. The Balaban J connectivity index is 1.10. The summed E-state index contributed by atoms with van der Waals surface area (Å²) in [4.78, 5) is 2.33. The molecule has 0 radical (unpaired) electrons. The van der Waals surface area contributed by atoms with Crippen molar-refractivity contribution in [2.24, 2.45) is 0 Å². The standard InChI is InChI=1S/C46H27NO2S/c1-2-8-28(9-3-1)29-14-17-31(18-15-29)47(32-19-21-36-35-12-6-7-13-39(35)48-41(36)26-32)33-20-22-37-43(27-33)50-42-25-23-38-44-34-11-5-4-10-30(34)16-24-40(44)49-46(38)45(37)42/h1-27H. The van der Waals surface area contributed by atoms with Gasteiger partial charge in [-0.2, -0.15) is 0 Å². The minimum absolute atomic E-state index is 0.873. The van der Waals surface area contributed by atoms with E-state index in [1.807, 2.05) is 23.5 Å². The maximum Gasteiger partial charge on any atom is 0.144 e. The molecule has 3 aromatic heterocycles. The summed E-state index contributed by atoms with van der Waals surface area (Å²) in [6.45, 7) is 0. The molecule has 0 aliphatic carbocycles. The predicted octanol–water partition coefficient (Wildman–Crippen LogP) is 14.1. The van der Waals surface area contributed by atoms with Gasteiger partial charge in [0.25, 0.3) is 0 Å². The molecule has 0 spiro atoms. The summed E-state index contributed by atoms with van der Waals surface area (Å²) in [5.74, 6) is 0. The van der Waals surface area contributed by atoms with Crippen molar-refractivity contribution < 1.29 is 8.83 Å². The van der Waals surface area contributed by atoms with Gasteiger partial charge >= 0.3 is 0 Å². The summed E-state index contributed by atoms with van der Waals surface area (Å²) in [7, 11) is 0. The van der Waals surface area contributed by atoms with Gasteiger partial charge in [-0.15, -0.1) is 11.3 Å². The summed E-state index contributed by atoms with van der Waals surface area (Å²) in [6.07, 6.45) is 0. The van der Waals surface area contributed by atoms with E-state index in [1.165, 1.54) is 47.5 Å². The highest BCUT2D eigenvalue weighted by molar-refractivity contribution is 7.26. The molecule has 3 nitrogen and oxygen atoms in total. The molecule has 0 aliphatic rings. The third-order valence-corrected chi connectivity index (χ3v) is 11.2. The number of nitrogens with zero attached hydrogens (tertiary/aromatic N) is 1. The van der Waals surface area contributed by atoms with E-state index in [0.29, 0.717) is 0 Å². The lowest BCUT2D eigenvalue weighted by atomic mass is 10.0. The number of rotatable bonds is 4. The lowest BCUT2D eigenvalue weighted by Gasteiger charge is -2.26. The molecular weight excluding hydrogens is 631 g/mol. The van der Waals surface area contributed by atoms with E-state index in [1.54, 1.807) is 0 Å². The van der Waals surface area contributed by atoms with Crippen LogP contribution in [0, 0.1) is 0 Å². The molecule has 50 heavy (non-hydrogen) atoms. The van der Waals surface area contributed by atoms with Crippen LogP contribution in [0.4, 0.5) is 17.1 Å². The molecular formula is C46H27NO2S. The largest absolute Gasteiger partial charge is 0.456 e. The molecule has 3 heterocycles. The van der Waals surface area contributed by atoms with E-state index in [2.05, 4.69) is 157 Å². The van der Waals surface area contributed by atoms with E-state index in [0.717, 1.165) is 55.6 Å². The smallest absolute Gasteiger partial charge is 0.144 e. The van der Waals surface area contributed by atoms with Crippen LogP contribution in [-0.4, -0.2) is 0 Å². The Bertz CT molecular complexity index is 3090. The number of thiophene rings is 1. The topological polar surface area (TPSA) is 29.5 Å². The van der Waals surface area contributed by atoms with Gasteiger partial charge in [0.2, 0.25) is 0 Å². The maximum absolute atomic E-state index is 6.66. The molecule has 11 aromatic rings. The minimum Gasteiger partial charge on any atom is -0.456 e. The van der Waals surface area contributed by atoms with Crippen molar-refractivity contribution in [3.8, 4) is 11.1 Å². The van der Waals surface area contributed by atoms with Gasteiger partial charge < -0.3 is 13.7 Å². The Kier molecular flexibility index (Phi) is 5.83. The monoisotopic (exact) mass is 657 g/mol. The molecule has 4 heteroatoms. The fraction of sp³-hybridized carbons (Fsp3) is 0. The van der Waals surface area contributed by atoms with Crippen LogP contribution < -0.4 is 4.90 Å². The van der Waals surface area contributed by atoms with Gasteiger partial charge in [-0.25, -0.2) is 0 Å². The summed E-state index contributed by atoms with van der Waals surface area (Å²) in [6, 6.07) is 58.3. The molecule has 0 saturated heterocycles. The third kappa shape index (κ3) is 4.09. The maximum atomic E-state index is 6.66. The van der Waals surface area contributed by atoms with Crippen molar-refractivity contribution in [2.75, 3.05) is 4.90 Å². The van der Waals surface area contributed by atoms with E-state index in [9.17, 15) is 0 Å². The molecule has 0 unspecified atom stereocenters. The first kappa shape index (κ1) is 27.6. The van der Waals surface area contributed by atoms with Gasteiger partial charge in [-0.05, 0) is 82.6 Å². The van der Waals surface area contributed by atoms with Gasteiger partial charge in [-0.1, -0.05) is 97.1 Å². The SMILES string of the molecule is c1ccc(-c2ccc(N(c3ccc4c(c3)oc3ccccc34)c3ccc4c(c3)sc3ccc5c(oc6ccc7ccccc7c65)c34)cc2)cc1. The zero-order valence-electron chi connectivity index (χ0n) is 26.8. The zero-order chi connectivity index (χ0) is 32.8. The second kappa shape index (κ2) is 10.6. The summed E-state index contributed by atoms with van der Waals surface area (Å²) >= 11 is 1.81. The molecule has 0 aliphatic heterocycles. The molecule has 0 N–H and O–H groups in total. The molecule has 0 bridgehead atoms. The average molecular weight is 658 g/mol. The second-order valence-corrected chi connectivity index (χ2v) is 14.0. The fourth-order valence-corrected chi connectivity index (χ4v) is 8.86. The van der Waals surface area contributed by atoms with Crippen LogP contribution in [-0.2, 0) is 0 Å². The number of hydrogen-bond donors (Lipinski definition) is 0. The van der Waals surface area contributed by atoms with Crippen LogP contribution in [0.3, 0.4) is 0 Å². The highest BCUT2D eigenvalue weighted by atomic mass is 32.1.